The molecule has 212 valence electrons. The van der Waals surface area contributed by atoms with Gasteiger partial charge in [-0.15, -0.1) is 0 Å². The van der Waals surface area contributed by atoms with E-state index < -0.39 is 52.5 Å². The second-order valence-electron chi connectivity index (χ2n) is 10.1. The fourth-order valence-electron chi connectivity index (χ4n) is 5.52. The molecule has 12 nitrogen and oxygen atoms in total. The van der Waals surface area contributed by atoms with Crippen LogP contribution >= 0.6 is 0 Å². The molecule has 2 aliphatic rings. The van der Waals surface area contributed by atoms with Crippen LogP contribution in [0.3, 0.4) is 0 Å². The molecule has 0 bridgehead atoms. The molecule has 4 aromatic rings. The van der Waals surface area contributed by atoms with Crippen molar-refractivity contribution < 1.29 is 55.4 Å². The van der Waals surface area contributed by atoms with E-state index >= 15 is 0 Å². The molecule has 0 radical (unpaired) electrons. The van der Waals surface area contributed by atoms with Crippen LogP contribution < -0.4 is 14.9 Å². The Bertz CT molecular complexity index is 1800. The maximum Gasteiger partial charge on any atom is 0.221 e. The number of hydrogen-bond donors (Lipinski definition) is 9. The lowest BCUT2D eigenvalue weighted by Gasteiger charge is -2.32. The van der Waals surface area contributed by atoms with Crippen LogP contribution in [0.15, 0.2) is 47.3 Å². The molecule has 0 aliphatic carbocycles. The van der Waals surface area contributed by atoms with Crippen molar-refractivity contribution in [1.29, 1.82) is 0 Å². The number of phenols is 6. The van der Waals surface area contributed by atoms with Gasteiger partial charge in [-0.1, -0.05) is 0 Å². The Kier molecular flexibility index (Phi) is 5.90. The highest BCUT2D eigenvalue weighted by molar-refractivity contribution is 5.97. The zero-order chi connectivity index (χ0) is 29.3. The molecule has 0 saturated carbocycles. The highest BCUT2D eigenvalue weighted by atomic mass is 16.5. The van der Waals surface area contributed by atoms with E-state index in [9.17, 15) is 50.8 Å². The lowest BCUT2D eigenvalue weighted by molar-refractivity contribution is 0.0194. The van der Waals surface area contributed by atoms with E-state index in [0.29, 0.717) is 0 Å². The number of ether oxygens (including phenoxy) is 2. The van der Waals surface area contributed by atoms with E-state index in [1.54, 1.807) is 0 Å². The van der Waals surface area contributed by atoms with Crippen molar-refractivity contribution in [2.45, 2.75) is 37.3 Å². The molecule has 9 N–H and O–H groups in total. The summed E-state index contributed by atoms with van der Waals surface area (Å²) in [7, 11) is 0. The second-order valence-corrected chi connectivity index (χ2v) is 10.1. The maximum absolute atomic E-state index is 13.0. The van der Waals surface area contributed by atoms with E-state index in [2.05, 4.69) is 0 Å². The fraction of sp³-hybridized carbons (Fsp3) is 0.207. The molecule has 3 unspecified atom stereocenters. The molecule has 0 spiro atoms. The number of fused-ring (bicyclic) bond motifs is 3. The fourth-order valence-corrected chi connectivity index (χ4v) is 5.52. The molecule has 0 aromatic heterocycles. The Balaban J connectivity index is 1.56. The van der Waals surface area contributed by atoms with Gasteiger partial charge in [-0.05, 0) is 29.1 Å². The molecule has 41 heavy (non-hydrogen) atoms. The molecule has 6 rings (SSSR count). The highest BCUT2D eigenvalue weighted by Gasteiger charge is 2.36. The quantitative estimate of drug-likeness (QED) is 0.160. The van der Waals surface area contributed by atoms with Crippen LogP contribution in [0.1, 0.15) is 34.5 Å². The van der Waals surface area contributed by atoms with Crippen molar-refractivity contribution >= 4 is 10.8 Å². The number of benzene rings is 3. The first-order valence-electron chi connectivity index (χ1n) is 12.5. The molecule has 0 fully saturated rings. The summed E-state index contributed by atoms with van der Waals surface area (Å²) < 4.78 is 11.8. The average molecular weight is 564 g/mol. The Morgan fingerprint density at radius 3 is 1.73 bits per heavy atom. The predicted molar refractivity (Wildman–Crippen MR) is 141 cm³/mol. The van der Waals surface area contributed by atoms with Gasteiger partial charge in [-0.25, -0.2) is 0 Å². The van der Waals surface area contributed by atoms with Crippen LogP contribution in [0.25, 0.3) is 10.8 Å². The normalized spacial score (nSPS) is 21.4. The minimum Gasteiger partial charge on any atom is -0.508 e. The summed E-state index contributed by atoms with van der Waals surface area (Å²) >= 11 is 0. The van der Waals surface area contributed by atoms with Gasteiger partial charge in [0.1, 0.15) is 40.6 Å². The summed E-state index contributed by atoms with van der Waals surface area (Å²) in [5, 5.41) is 93.7. The van der Waals surface area contributed by atoms with Crippen molar-refractivity contribution in [1.82, 2.24) is 0 Å². The topological polar surface area (TPSA) is 218 Å². The van der Waals surface area contributed by atoms with Crippen LogP contribution in [0.2, 0.25) is 0 Å². The second kappa shape index (κ2) is 9.25. The summed E-state index contributed by atoms with van der Waals surface area (Å²) in [4.78, 5) is 13.0. The van der Waals surface area contributed by atoms with Crippen LogP contribution in [0.5, 0.6) is 51.7 Å². The molecule has 12 heteroatoms. The Morgan fingerprint density at radius 2 is 1.15 bits per heavy atom. The van der Waals surface area contributed by atoms with Crippen molar-refractivity contribution in [3.05, 3.63) is 74.9 Å². The van der Waals surface area contributed by atoms with Crippen molar-refractivity contribution in [2.24, 2.45) is 0 Å². The molecular formula is C29H24O12. The average Bonchev–Trinajstić information content (AvgIpc) is 3.03. The Hall–Kier alpha value is -5.07. The third kappa shape index (κ3) is 4.20. The first-order valence-corrected chi connectivity index (χ1v) is 12.5. The number of aliphatic hydroxyl groups excluding tert-OH is 2. The van der Waals surface area contributed by atoms with Gasteiger partial charge in [0.2, 0.25) is 5.43 Å². The van der Waals surface area contributed by atoms with Crippen LogP contribution in [0, 0.1) is 0 Å². The number of hydrogen-bond acceptors (Lipinski definition) is 12. The van der Waals surface area contributed by atoms with E-state index in [1.807, 2.05) is 0 Å². The number of aromatic hydroxyl groups is 7. The minimum atomic E-state index is -1.33. The summed E-state index contributed by atoms with van der Waals surface area (Å²) in [5.41, 5.74) is -0.502. The van der Waals surface area contributed by atoms with Crippen LogP contribution in [-0.2, 0) is 12.8 Å². The van der Waals surface area contributed by atoms with Crippen LogP contribution in [-0.4, -0.2) is 58.2 Å². The van der Waals surface area contributed by atoms with Gasteiger partial charge in [-0.2, -0.15) is 0 Å². The smallest absolute Gasteiger partial charge is 0.221 e. The van der Waals surface area contributed by atoms with Gasteiger partial charge in [-0.3, -0.25) is 4.79 Å². The molecule has 0 saturated heterocycles. The zero-order valence-corrected chi connectivity index (χ0v) is 21.0. The third-order valence-corrected chi connectivity index (χ3v) is 7.44. The van der Waals surface area contributed by atoms with E-state index in [-0.39, 0.29) is 75.0 Å². The van der Waals surface area contributed by atoms with Gasteiger partial charge >= 0.3 is 0 Å². The molecule has 4 aromatic carbocycles. The van der Waals surface area contributed by atoms with Gasteiger partial charge in [0.25, 0.3) is 0 Å². The highest BCUT2D eigenvalue weighted by Crippen LogP contribution is 2.48. The van der Waals surface area contributed by atoms with Crippen molar-refractivity contribution in [2.75, 3.05) is 0 Å². The molecule has 4 atom stereocenters. The van der Waals surface area contributed by atoms with E-state index in [1.165, 1.54) is 18.2 Å². The Labute approximate surface area is 230 Å². The zero-order valence-electron chi connectivity index (χ0n) is 21.0. The Morgan fingerprint density at radius 1 is 0.610 bits per heavy atom. The summed E-state index contributed by atoms with van der Waals surface area (Å²) in [6.45, 7) is 0. The monoisotopic (exact) mass is 564 g/mol. The molecular weight excluding hydrogens is 540 g/mol. The molecule has 0 amide bonds. The summed E-state index contributed by atoms with van der Waals surface area (Å²) in [6, 6.07) is 8.00. The van der Waals surface area contributed by atoms with E-state index in [0.717, 1.165) is 24.3 Å². The largest absolute Gasteiger partial charge is 0.508 e. The van der Waals surface area contributed by atoms with Crippen LogP contribution in [0.4, 0.5) is 0 Å². The first kappa shape index (κ1) is 26.2. The van der Waals surface area contributed by atoms with Crippen molar-refractivity contribution in [3.63, 3.8) is 0 Å². The molecule has 2 heterocycles. The number of aliphatic hydroxyl groups is 2. The first-order chi connectivity index (χ1) is 19.4. The number of rotatable bonds is 2. The maximum atomic E-state index is 13.0. The SMILES string of the molecule is O=c1cc(C2Oc3cc(O)cc(O)c3C[C@H]2O)cc2c(C3Oc4cc(O)cc(O)c4CC3O)cc(O)c(O)c2c1O. The third-order valence-electron chi connectivity index (χ3n) is 7.44. The minimum absolute atomic E-state index is 0.0180. The molecule has 2 aliphatic heterocycles. The summed E-state index contributed by atoms with van der Waals surface area (Å²) in [6.07, 6.45) is -5.41. The van der Waals surface area contributed by atoms with Gasteiger partial charge in [0.15, 0.2) is 23.4 Å². The standard InChI is InChI=1S/C29H24O12/c30-11-3-17(32)15-8-21(36)28(40-23(15)5-11)10-1-13-14(7-20(35)27(39)25(13)26(38)19(34)2-10)29-22(37)9-16-18(33)4-12(31)6-24(16)41-29/h1-7,21-22,28-33,35-37,39H,8-9H2,(H,34,38)/t21-,22?,28?,29?/m1/s1. The number of phenolic OH excluding ortho intramolecular Hbond substituents is 6. The van der Waals surface area contributed by atoms with Gasteiger partial charge < -0.3 is 55.4 Å². The van der Waals surface area contributed by atoms with Crippen molar-refractivity contribution in [3.8, 4) is 51.7 Å². The lowest BCUT2D eigenvalue weighted by Crippen LogP contribution is -2.31. The van der Waals surface area contributed by atoms with E-state index in [4.69, 9.17) is 9.47 Å². The lowest BCUT2D eigenvalue weighted by atomic mass is 9.90. The predicted octanol–water partition coefficient (Wildman–Crippen LogP) is 2.21. The van der Waals surface area contributed by atoms with Gasteiger partial charge in [0.05, 0.1) is 17.6 Å². The summed E-state index contributed by atoms with van der Waals surface area (Å²) in [5.74, 6) is -3.63. The van der Waals surface area contributed by atoms with Gasteiger partial charge in [0, 0.05) is 53.8 Å².